The van der Waals surface area contributed by atoms with Crippen LogP contribution in [-0.2, 0) is 17.9 Å². The monoisotopic (exact) mass is 363 g/mol. The minimum absolute atomic E-state index is 0. The Morgan fingerprint density at radius 2 is 1.65 bits per heavy atom. The van der Waals surface area contributed by atoms with Gasteiger partial charge < -0.3 is 11.1 Å². The van der Waals surface area contributed by atoms with E-state index in [-0.39, 0.29) is 42.7 Å². The third kappa shape index (κ3) is 8.02. The molecular formula is C17H31Cl2N3O. The van der Waals surface area contributed by atoms with Crippen LogP contribution < -0.4 is 11.1 Å². The fourth-order valence-electron chi connectivity index (χ4n) is 1.92. The van der Waals surface area contributed by atoms with Crippen molar-refractivity contribution in [1.29, 1.82) is 0 Å². The van der Waals surface area contributed by atoms with Gasteiger partial charge in [-0.05, 0) is 38.9 Å². The lowest BCUT2D eigenvalue weighted by atomic mass is 10.0. The van der Waals surface area contributed by atoms with Gasteiger partial charge in [0.15, 0.2) is 0 Å². The highest BCUT2D eigenvalue weighted by Crippen LogP contribution is 2.13. The van der Waals surface area contributed by atoms with Crippen LogP contribution in [0.2, 0.25) is 0 Å². The van der Waals surface area contributed by atoms with Gasteiger partial charge in [0.1, 0.15) is 0 Å². The van der Waals surface area contributed by atoms with Gasteiger partial charge in [-0.2, -0.15) is 0 Å². The van der Waals surface area contributed by atoms with E-state index in [4.69, 9.17) is 5.73 Å². The van der Waals surface area contributed by atoms with Gasteiger partial charge in [0.25, 0.3) is 0 Å². The molecule has 0 aliphatic heterocycles. The summed E-state index contributed by atoms with van der Waals surface area (Å²) in [5.41, 5.74) is 8.18. The molecule has 4 nitrogen and oxygen atoms in total. The maximum absolute atomic E-state index is 12.0. The van der Waals surface area contributed by atoms with Crippen LogP contribution in [0.15, 0.2) is 24.3 Å². The van der Waals surface area contributed by atoms with E-state index in [1.807, 2.05) is 26.0 Å². The summed E-state index contributed by atoms with van der Waals surface area (Å²) in [4.78, 5) is 14.3. The molecule has 0 heterocycles. The summed E-state index contributed by atoms with van der Waals surface area (Å²) in [5, 5.41) is 2.99. The van der Waals surface area contributed by atoms with Gasteiger partial charge in [-0.1, -0.05) is 31.2 Å². The second-order valence-corrected chi connectivity index (χ2v) is 6.14. The molecule has 1 amide bonds. The molecule has 0 aliphatic carbocycles. The summed E-state index contributed by atoms with van der Waals surface area (Å²) >= 11 is 0. The molecule has 3 N–H and O–H groups in total. The molecule has 0 spiro atoms. The summed E-state index contributed by atoms with van der Waals surface area (Å²) in [6, 6.07) is 8.60. The van der Waals surface area contributed by atoms with Crippen LogP contribution in [0.4, 0.5) is 0 Å². The first kappa shape index (κ1) is 24.4. The quantitative estimate of drug-likeness (QED) is 0.782. The summed E-state index contributed by atoms with van der Waals surface area (Å²) in [5.74, 6) is -0.160. The van der Waals surface area contributed by atoms with Gasteiger partial charge in [-0.3, -0.25) is 9.69 Å². The number of hydrogen-bond acceptors (Lipinski definition) is 3. The Morgan fingerprint density at radius 1 is 1.13 bits per heavy atom. The van der Waals surface area contributed by atoms with Crippen LogP contribution in [0.5, 0.6) is 0 Å². The predicted octanol–water partition coefficient (Wildman–Crippen LogP) is 2.97. The minimum atomic E-state index is -0.171. The molecule has 0 saturated carbocycles. The third-order valence-electron chi connectivity index (χ3n) is 4.07. The molecule has 23 heavy (non-hydrogen) atoms. The van der Waals surface area contributed by atoms with E-state index in [1.54, 1.807) is 0 Å². The summed E-state index contributed by atoms with van der Waals surface area (Å²) in [6.45, 7) is 9.50. The second kappa shape index (κ2) is 11.7. The number of halogens is 2. The Balaban J connectivity index is 0. The number of hydrogen-bond donors (Lipinski definition) is 2. The summed E-state index contributed by atoms with van der Waals surface area (Å²) < 4.78 is 0. The van der Waals surface area contributed by atoms with Crippen LogP contribution in [0.3, 0.4) is 0 Å². The van der Waals surface area contributed by atoms with Gasteiger partial charge in [0, 0.05) is 31.1 Å². The SMILES string of the molecule is CC(N)C(C)C(=O)NCc1ccccc1CN(C)C(C)C.Cl.Cl. The summed E-state index contributed by atoms with van der Waals surface area (Å²) in [6.07, 6.45) is 0. The molecule has 2 atom stereocenters. The standard InChI is InChI=1S/C17H29N3O.2ClH/c1-12(2)20(5)11-16-9-7-6-8-15(16)10-19-17(21)13(3)14(4)18;;/h6-9,12-14H,10-11,18H2,1-5H3,(H,19,21);2*1H. The van der Waals surface area contributed by atoms with Crippen LogP contribution in [0.25, 0.3) is 0 Å². The van der Waals surface area contributed by atoms with Crippen molar-refractivity contribution >= 4 is 30.7 Å². The molecule has 134 valence electrons. The molecule has 0 aliphatic rings. The zero-order chi connectivity index (χ0) is 16.0. The number of nitrogens with one attached hydrogen (secondary N) is 1. The van der Waals surface area contributed by atoms with Gasteiger partial charge in [-0.15, -0.1) is 24.8 Å². The van der Waals surface area contributed by atoms with E-state index in [2.05, 4.69) is 43.2 Å². The Bertz CT molecular complexity index is 467. The number of amides is 1. The van der Waals surface area contributed by atoms with Crippen molar-refractivity contribution in [1.82, 2.24) is 10.2 Å². The van der Waals surface area contributed by atoms with Crippen molar-refractivity contribution < 1.29 is 4.79 Å². The normalized spacial score (nSPS) is 13.0. The fraction of sp³-hybridized carbons (Fsp3) is 0.588. The molecule has 0 radical (unpaired) electrons. The van der Waals surface area contributed by atoms with Crippen molar-refractivity contribution in [2.75, 3.05) is 7.05 Å². The van der Waals surface area contributed by atoms with E-state index in [0.29, 0.717) is 12.6 Å². The van der Waals surface area contributed by atoms with Crippen LogP contribution in [-0.4, -0.2) is 29.9 Å². The number of carbonyl (C=O) groups is 1. The van der Waals surface area contributed by atoms with Crippen molar-refractivity contribution in [2.24, 2.45) is 11.7 Å². The number of carbonyl (C=O) groups excluding carboxylic acids is 1. The predicted molar refractivity (Wildman–Crippen MR) is 102 cm³/mol. The topological polar surface area (TPSA) is 58.4 Å². The largest absolute Gasteiger partial charge is 0.352 e. The molecule has 1 aromatic carbocycles. The maximum Gasteiger partial charge on any atom is 0.224 e. The van der Waals surface area contributed by atoms with Gasteiger partial charge in [-0.25, -0.2) is 0 Å². The lowest BCUT2D eigenvalue weighted by molar-refractivity contribution is -0.125. The van der Waals surface area contributed by atoms with Gasteiger partial charge in [0.2, 0.25) is 5.91 Å². The smallest absolute Gasteiger partial charge is 0.224 e. The van der Waals surface area contributed by atoms with Crippen molar-refractivity contribution in [3.05, 3.63) is 35.4 Å². The van der Waals surface area contributed by atoms with E-state index >= 15 is 0 Å². The first-order chi connectivity index (χ1) is 9.82. The molecule has 1 rings (SSSR count). The van der Waals surface area contributed by atoms with E-state index in [1.165, 1.54) is 5.56 Å². The molecule has 1 aromatic rings. The number of rotatable bonds is 7. The summed E-state index contributed by atoms with van der Waals surface area (Å²) in [7, 11) is 2.11. The Labute approximate surface area is 153 Å². The number of nitrogens with two attached hydrogens (primary N) is 1. The van der Waals surface area contributed by atoms with Crippen LogP contribution in [0, 0.1) is 5.92 Å². The van der Waals surface area contributed by atoms with E-state index in [9.17, 15) is 4.79 Å². The van der Waals surface area contributed by atoms with Crippen LogP contribution in [0.1, 0.15) is 38.8 Å². The average molecular weight is 364 g/mol. The highest BCUT2D eigenvalue weighted by atomic mass is 35.5. The fourth-order valence-corrected chi connectivity index (χ4v) is 1.92. The molecule has 0 saturated heterocycles. The molecule has 2 unspecified atom stereocenters. The zero-order valence-corrected chi connectivity index (χ0v) is 16.3. The Morgan fingerprint density at radius 3 is 2.13 bits per heavy atom. The van der Waals surface area contributed by atoms with Gasteiger partial charge in [0.05, 0.1) is 0 Å². The first-order valence-corrected chi connectivity index (χ1v) is 7.63. The van der Waals surface area contributed by atoms with Crippen LogP contribution >= 0.6 is 24.8 Å². The lowest BCUT2D eigenvalue weighted by Crippen LogP contribution is -2.38. The third-order valence-corrected chi connectivity index (χ3v) is 4.07. The molecule has 6 heteroatoms. The maximum atomic E-state index is 12.0. The average Bonchev–Trinajstić information content (AvgIpc) is 2.44. The number of nitrogens with zero attached hydrogens (tertiary/aromatic N) is 1. The highest BCUT2D eigenvalue weighted by Gasteiger charge is 2.17. The molecule has 0 aromatic heterocycles. The Hall–Kier alpha value is -0.810. The molecule has 0 bridgehead atoms. The first-order valence-electron chi connectivity index (χ1n) is 7.63. The lowest BCUT2D eigenvalue weighted by Gasteiger charge is -2.23. The Kier molecular flexibility index (Phi) is 12.4. The van der Waals surface area contributed by atoms with Crippen molar-refractivity contribution in [3.8, 4) is 0 Å². The molecular weight excluding hydrogens is 333 g/mol. The minimum Gasteiger partial charge on any atom is -0.352 e. The van der Waals surface area contributed by atoms with Crippen molar-refractivity contribution in [3.63, 3.8) is 0 Å². The van der Waals surface area contributed by atoms with E-state index < -0.39 is 0 Å². The van der Waals surface area contributed by atoms with E-state index in [0.717, 1.165) is 12.1 Å². The zero-order valence-electron chi connectivity index (χ0n) is 14.7. The molecule has 0 fully saturated rings. The van der Waals surface area contributed by atoms with Gasteiger partial charge >= 0.3 is 0 Å². The van der Waals surface area contributed by atoms with Crippen molar-refractivity contribution in [2.45, 2.75) is 52.9 Å². The second-order valence-electron chi connectivity index (χ2n) is 6.14. The highest BCUT2D eigenvalue weighted by molar-refractivity contribution is 5.85. The number of benzene rings is 1.